The second kappa shape index (κ2) is 6.99. The van der Waals surface area contributed by atoms with E-state index in [-0.39, 0.29) is 0 Å². The SMILES string of the molecule is FC(F)(F)Cn1cc(-c2ccc3c(n2)N(Cc2ccc4ncccc4c2)NN3)cn1. The number of alkyl halides is 3. The number of benzene rings is 1. The molecule has 30 heavy (non-hydrogen) atoms. The minimum atomic E-state index is -4.32. The van der Waals surface area contributed by atoms with Gasteiger partial charge in [0.05, 0.1) is 29.6 Å². The number of rotatable bonds is 4. The van der Waals surface area contributed by atoms with Crippen molar-refractivity contribution in [3.8, 4) is 11.3 Å². The molecule has 1 aromatic carbocycles. The molecule has 0 unspecified atom stereocenters. The second-order valence-electron chi connectivity index (χ2n) is 6.96. The van der Waals surface area contributed by atoms with Crippen molar-refractivity contribution >= 4 is 22.4 Å². The molecule has 1 aliphatic heterocycles. The molecule has 2 N–H and O–H groups in total. The Labute approximate surface area is 169 Å². The summed E-state index contributed by atoms with van der Waals surface area (Å²) in [6.07, 6.45) is 0.164. The van der Waals surface area contributed by atoms with Crippen molar-refractivity contribution in [3.05, 3.63) is 66.6 Å². The number of hydrazine groups is 2. The quantitative estimate of drug-likeness (QED) is 0.531. The highest BCUT2D eigenvalue weighted by Gasteiger charge is 2.28. The molecule has 3 aromatic heterocycles. The standard InChI is InChI=1S/C20H16F3N7/c21-20(22,23)12-29-11-15(9-25-29)17-5-6-18-19(26-17)30(28-27-18)10-13-3-4-16-14(8-13)2-1-7-24-16/h1-9,11,27-28H,10,12H2. The lowest BCUT2D eigenvalue weighted by atomic mass is 10.1. The average Bonchev–Trinajstić information content (AvgIpc) is 3.33. The molecule has 0 fully saturated rings. The molecule has 4 heterocycles. The highest BCUT2D eigenvalue weighted by molar-refractivity contribution is 5.79. The maximum absolute atomic E-state index is 12.6. The molecular weight excluding hydrogens is 395 g/mol. The molecule has 0 spiro atoms. The van der Waals surface area contributed by atoms with Crippen LogP contribution in [-0.4, -0.2) is 25.9 Å². The number of nitrogens with one attached hydrogen (secondary N) is 2. The zero-order chi connectivity index (χ0) is 20.7. The molecule has 0 bridgehead atoms. The fourth-order valence-electron chi connectivity index (χ4n) is 3.38. The monoisotopic (exact) mass is 411 g/mol. The summed E-state index contributed by atoms with van der Waals surface area (Å²) < 4.78 is 38.6. The average molecular weight is 411 g/mol. The number of aromatic nitrogens is 4. The summed E-state index contributed by atoms with van der Waals surface area (Å²) in [6.45, 7) is -0.599. The minimum absolute atomic E-state index is 0.519. The highest BCUT2D eigenvalue weighted by atomic mass is 19.4. The van der Waals surface area contributed by atoms with E-state index in [0.29, 0.717) is 23.6 Å². The van der Waals surface area contributed by atoms with Crippen LogP contribution in [0.5, 0.6) is 0 Å². The van der Waals surface area contributed by atoms with Crippen LogP contribution in [0.15, 0.2) is 61.1 Å². The Morgan fingerprint density at radius 3 is 2.83 bits per heavy atom. The third-order valence-corrected chi connectivity index (χ3v) is 4.73. The Bertz CT molecular complexity index is 1220. The maximum Gasteiger partial charge on any atom is 0.408 e. The fraction of sp³-hybridized carbons (Fsp3) is 0.150. The molecule has 0 atom stereocenters. The number of fused-ring (bicyclic) bond motifs is 2. The van der Waals surface area contributed by atoms with E-state index in [0.717, 1.165) is 26.8 Å². The molecule has 0 saturated carbocycles. The van der Waals surface area contributed by atoms with Crippen molar-refractivity contribution in [2.75, 3.05) is 10.4 Å². The number of anilines is 2. The van der Waals surface area contributed by atoms with Gasteiger partial charge < -0.3 is 5.43 Å². The summed E-state index contributed by atoms with van der Waals surface area (Å²) in [5.74, 6) is 0.655. The van der Waals surface area contributed by atoms with E-state index < -0.39 is 12.7 Å². The summed E-state index contributed by atoms with van der Waals surface area (Å²) >= 11 is 0. The van der Waals surface area contributed by atoms with Gasteiger partial charge in [-0.05, 0) is 35.9 Å². The zero-order valence-electron chi connectivity index (χ0n) is 15.6. The minimum Gasteiger partial charge on any atom is -0.300 e. The largest absolute Gasteiger partial charge is 0.408 e. The van der Waals surface area contributed by atoms with Gasteiger partial charge in [-0.2, -0.15) is 18.3 Å². The highest BCUT2D eigenvalue weighted by Crippen LogP contribution is 2.31. The van der Waals surface area contributed by atoms with Crippen LogP contribution < -0.4 is 16.0 Å². The summed E-state index contributed by atoms with van der Waals surface area (Å²) in [5, 5.41) is 6.68. The lowest BCUT2D eigenvalue weighted by Crippen LogP contribution is -2.35. The van der Waals surface area contributed by atoms with Gasteiger partial charge in [0.25, 0.3) is 0 Å². The molecule has 152 valence electrons. The van der Waals surface area contributed by atoms with Gasteiger partial charge in [-0.3, -0.25) is 14.7 Å². The summed E-state index contributed by atoms with van der Waals surface area (Å²) in [6, 6.07) is 13.5. The van der Waals surface area contributed by atoms with Gasteiger partial charge >= 0.3 is 6.18 Å². The molecule has 1 aliphatic rings. The van der Waals surface area contributed by atoms with Crippen LogP contribution in [0.3, 0.4) is 0 Å². The molecule has 0 radical (unpaired) electrons. The number of nitrogens with zero attached hydrogens (tertiary/aromatic N) is 5. The van der Waals surface area contributed by atoms with E-state index in [1.165, 1.54) is 12.4 Å². The predicted octanol–water partition coefficient (Wildman–Crippen LogP) is 3.91. The van der Waals surface area contributed by atoms with Crippen LogP contribution in [0, 0.1) is 0 Å². The van der Waals surface area contributed by atoms with Crippen molar-refractivity contribution in [1.29, 1.82) is 0 Å². The van der Waals surface area contributed by atoms with Gasteiger partial charge in [0.2, 0.25) is 0 Å². The van der Waals surface area contributed by atoms with Crippen molar-refractivity contribution < 1.29 is 13.2 Å². The first kappa shape index (κ1) is 18.4. The Kier molecular flexibility index (Phi) is 4.28. The lowest BCUT2D eigenvalue weighted by molar-refractivity contribution is -0.142. The van der Waals surface area contributed by atoms with Crippen molar-refractivity contribution in [3.63, 3.8) is 0 Å². The second-order valence-corrected chi connectivity index (χ2v) is 6.96. The summed E-state index contributed by atoms with van der Waals surface area (Å²) in [7, 11) is 0. The third kappa shape index (κ3) is 3.64. The van der Waals surface area contributed by atoms with Crippen molar-refractivity contribution in [2.45, 2.75) is 19.3 Å². The molecule has 7 nitrogen and oxygen atoms in total. The van der Waals surface area contributed by atoms with E-state index in [1.54, 1.807) is 12.3 Å². The normalized spacial score (nSPS) is 13.5. The molecule has 0 aliphatic carbocycles. The Morgan fingerprint density at radius 2 is 1.97 bits per heavy atom. The molecule has 0 saturated heterocycles. The Balaban J connectivity index is 1.40. The summed E-state index contributed by atoms with van der Waals surface area (Å²) in [5.41, 5.74) is 9.95. The van der Waals surface area contributed by atoms with Gasteiger partial charge in [0, 0.05) is 23.3 Å². The van der Waals surface area contributed by atoms with E-state index >= 15 is 0 Å². The Hall–Kier alpha value is -3.66. The van der Waals surface area contributed by atoms with Gasteiger partial charge in [-0.1, -0.05) is 12.1 Å². The molecule has 10 heteroatoms. The number of hydrogen-bond acceptors (Lipinski definition) is 6. The van der Waals surface area contributed by atoms with Gasteiger partial charge in [0.15, 0.2) is 5.82 Å². The number of pyridine rings is 2. The third-order valence-electron chi connectivity index (χ3n) is 4.73. The van der Waals surface area contributed by atoms with E-state index in [9.17, 15) is 13.2 Å². The topological polar surface area (TPSA) is 70.9 Å². The number of hydrogen-bond donors (Lipinski definition) is 2. The van der Waals surface area contributed by atoms with E-state index in [2.05, 4.69) is 32.1 Å². The smallest absolute Gasteiger partial charge is 0.300 e. The van der Waals surface area contributed by atoms with Crippen molar-refractivity contribution in [2.24, 2.45) is 0 Å². The first-order chi connectivity index (χ1) is 14.4. The Morgan fingerprint density at radius 1 is 1.07 bits per heavy atom. The van der Waals surface area contributed by atoms with Crippen LogP contribution in [0.25, 0.3) is 22.2 Å². The first-order valence-corrected chi connectivity index (χ1v) is 9.18. The number of halogens is 3. The zero-order valence-corrected chi connectivity index (χ0v) is 15.6. The van der Waals surface area contributed by atoms with Gasteiger partial charge in [-0.25, -0.2) is 4.98 Å². The molecule has 4 aromatic rings. The van der Waals surface area contributed by atoms with Crippen LogP contribution in [0.4, 0.5) is 24.7 Å². The van der Waals surface area contributed by atoms with Gasteiger partial charge in [0.1, 0.15) is 6.54 Å². The van der Waals surface area contributed by atoms with Crippen LogP contribution in [0.2, 0.25) is 0 Å². The van der Waals surface area contributed by atoms with Crippen LogP contribution >= 0.6 is 0 Å². The predicted molar refractivity (Wildman–Crippen MR) is 106 cm³/mol. The lowest BCUT2D eigenvalue weighted by Gasteiger charge is -2.17. The van der Waals surface area contributed by atoms with Crippen molar-refractivity contribution in [1.82, 2.24) is 25.3 Å². The van der Waals surface area contributed by atoms with E-state index in [4.69, 9.17) is 0 Å². The molecule has 5 rings (SSSR count). The summed E-state index contributed by atoms with van der Waals surface area (Å²) in [4.78, 5) is 8.95. The fourth-order valence-corrected chi connectivity index (χ4v) is 3.38. The molecular formula is C20H16F3N7. The first-order valence-electron chi connectivity index (χ1n) is 9.18. The van der Waals surface area contributed by atoms with Crippen LogP contribution in [-0.2, 0) is 13.1 Å². The maximum atomic E-state index is 12.6. The van der Waals surface area contributed by atoms with E-state index in [1.807, 2.05) is 35.3 Å². The van der Waals surface area contributed by atoms with Crippen LogP contribution in [0.1, 0.15) is 5.56 Å². The molecule has 0 amide bonds. The van der Waals surface area contributed by atoms with Gasteiger partial charge in [-0.15, -0.1) is 5.53 Å².